The molecule has 0 aliphatic rings. The van der Waals surface area contributed by atoms with Gasteiger partial charge in [0.25, 0.3) is 11.6 Å². The first kappa shape index (κ1) is 17.0. The minimum Gasteiger partial charge on any atom is -0.412 e. The number of carbonyl (C=O) groups is 1. The maximum absolute atomic E-state index is 11.8. The SMILES string of the molecule is Cc1ccc(/C=N/NC(=O)c2ccc([N+](=O)[O-])cc2)cc1.O. The van der Waals surface area contributed by atoms with Crippen LogP contribution in [-0.2, 0) is 0 Å². The summed E-state index contributed by atoms with van der Waals surface area (Å²) in [5, 5.41) is 14.4. The van der Waals surface area contributed by atoms with Crippen LogP contribution in [0.25, 0.3) is 0 Å². The molecule has 0 spiro atoms. The molecule has 2 aromatic carbocycles. The van der Waals surface area contributed by atoms with Gasteiger partial charge in [0.05, 0.1) is 11.1 Å². The van der Waals surface area contributed by atoms with E-state index in [-0.39, 0.29) is 11.2 Å². The zero-order chi connectivity index (χ0) is 15.2. The Bertz CT molecular complexity index is 679. The van der Waals surface area contributed by atoms with Crippen LogP contribution in [0, 0.1) is 17.0 Å². The summed E-state index contributed by atoms with van der Waals surface area (Å²) in [4.78, 5) is 21.8. The number of hydrogen-bond acceptors (Lipinski definition) is 4. The van der Waals surface area contributed by atoms with Gasteiger partial charge in [-0.15, -0.1) is 0 Å². The summed E-state index contributed by atoms with van der Waals surface area (Å²) >= 11 is 0. The van der Waals surface area contributed by atoms with E-state index in [4.69, 9.17) is 0 Å². The van der Waals surface area contributed by atoms with Crippen molar-refractivity contribution in [3.8, 4) is 0 Å². The number of nitrogens with zero attached hydrogens (tertiary/aromatic N) is 2. The van der Waals surface area contributed by atoms with Crippen LogP contribution in [0.3, 0.4) is 0 Å². The molecule has 114 valence electrons. The van der Waals surface area contributed by atoms with E-state index in [2.05, 4.69) is 10.5 Å². The molecule has 0 aromatic heterocycles. The Kier molecular flexibility index (Phi) is 5.91. The zero-order valence-corrected chi connectivity index (χ0v) is 11.8. The lowest BCUT2D eigenvalue weighted by Crippen LogP contribution is -2.17. The number of carbonyl (C=O) groups excluding carboxylic acids is 1. The van der Waals surface area contributed by atoms with Crippen molar-refractivity contribution in [3.63, 3.8) is 0 Å². The third-order valence-electron chi connectivity index (χ3n) is 2.80. The van der Waals surface area contributed by atoms with Crippen LogP contribution in [0.4, 0.5) is 5.69 Å². The van der Waals surface area contributed by atoms with Gasteiger partial charge in [-0.2, -0.15) is 5.10 Å². The van der Waals surface area contributed by atoms with Gasteiger partial charge in [0.2, 0.25) is 0 Å². The average molecular weight is 301 g/mol. The van der Waals surface area contributed by atoms with Crippen LogP contribution < -0.4 is 5.43 Å². The molecule has 7 heteroatoms. The molecule has 0 saturated heterocycles. The fraction of sp³-hybridized carbons (Fsp3) is 0.0667. The zero-order valence-electron chi connectivity index (χ0n) is 11.8. The van der Waals surface area contributed by atoms with Gasteiger partial charge in [-0.25, -0.2) is 5.43 Å². The molecule has 1 amide bonds. The van der Waals surface area contributed by atoms with Crippen LogP contribution >= 0.6 is 0 Å². The van der Waals surface area contributed by atoms with Crippen molar-refractivity contribution in [2.24, 2.45) is 5.10 Å². The second-order valence-electron chi connectivity index (χ2n) is 4.41. The molecule has 7 nitrogen and oxygen atoms in total. The number of nitrogens with one attached hydrogen (secondary N) is 1. The van der Waals surface area contributed by atoms with E-state index in [1.165, 1.54) is 30.5 Å². The highest BCUT2D eigenvalue weighted by Gasteiger charge is 2.08. The maximum Gasteiger partial charge on any atom is 0.271 e. The predicted molar refractivity (Wildman–Crippen MR) is 82.9 cm³/mol. The van der Waals surface area contributed by atoms with E-state index in [0.29, 0.717) is 5.56 Å². The molecule has 3 N–H and O–H groups in total. The minimum absolute atomic E-state index is 0. The number of non-ortho nitro benzene ring substituents is 1. The largest absolute Gasteiger partial charge is 0.412 e. The van der Waals surface area contributed by atoms with Gasteiger partial charge in [0.15, 0.2) is 0 Å². The molecule has 0 heterocycles. The molecule has 0 fully saturated rings. The smallest absolute Gasteiger partial charge is 0.271 e. The Hall–Kier alpha value is -3.06. The Balaban J connectivity index is 0.00000242. The fourth-order valence-corrected chi connectivity index (χ4v) is 1.62. The van der Waals surface area contributed by atoms with E-state index >= 15 is 0 Å². The van der Waals surface area contributed by atoms with Gasteiger partial charge in [0, 0.05) is 17.7 Å². The Labute approximate surface area is 126 Å². The molecule has 0 saturated carbocycles. The van der Waals surface area contributed by atoms with Crippen LogP contribution in [0.15, 0.2) is 53.6 Å². The minimum atomic E-state index is -0.517. The molecule has 0 unspecified atom stereocenters. The maximum atomic E-state index is 11.8. The molecular weight excluding hydrogens is 286 g/mol. The molecular formula is C15H15N3O4. The second kappa shape index (κ2) is 7.65. The summed E-state index contributed by atoms with van der Waals surface area (Å²) in [6.45, 7) is 1.98. The number of hydrazone groups is 1. The van der Waals surface area contributed by atoms with E-state index in [1.54, 1.807) is 0 Å². The molecule has 2 aromatic rings. The Morgan fingerprint density at radius 1 is 1.14 bits per heavy atom. The Morgan fingerprint density at radius 2 is 1.73 bits per heavy atom. The lowest BCUT2D eigenvalue weighted by Gasteiger charge is -1.99. The van der Waals surface area contributed by atoms with Gasteiger partial charge < -0.3 is 5.48 Å². The van der Waals surface area contributed by atoms with Gasteiger partial charge in [0.1, 0.15) is 0 Å². The Morgan fingerprint density at radius 3 is 2.27 bits per heavy atom. The van der Waals surface area contributed by atoms with E-state index in [0.717, 1.165) is 11.1 Å². The standard InChI is InChI=1S/C15H13N3O3.H2O/c1-11-2-4-12(5-3-11)10-16-17-15(19)13-6-8-14(9-7-13)18(20)21;/h2-10H,1H3,(H,17,19);1H2/b16-10+;. The van der Waals surface area contributed by atoms with Gasteiger partial charge in [-0.3, -0.25) is 14.9 Å². The summed E-state index contributed by atoms with van der Waals surface area (Å²) in [6, 6.07) is 13.0. The summed E-state index contributed by atoms with van der Waals surface area (Å²) in [5.41, 5.74) is 4.62. The first-order valence-electron chi connectivity index (χ1n) is 6.21. The number of nitro groups is 1. The molecule has 0 radical (unpaired) electrons. The number of aryl methyl sites for hydroxylation is 1. The number of rotatable bonds is 4. The molecule has 0 aliphatic carbocycles. The molecule has 0 aliphatic heterocycles. The van der Waals surface area contributed by atoms with Crippen molar-refractivity contribution in [1.29, 1.82) is 0 Å². The normalized spacial score (nSPS) is 10.0. The van der Waals surface area contributed by atoms with Crippen LogP contribution in [-0.4, -0.2) is 22.5 Å². The number of amides is 1. The first-order valence-corrected chi connectivity index (χ1v) is 6.21. The van der Waals surface area contributed by atoms with Crippen molar-refractivity contribution in [3.05, 3.63) is 75.3 Å². The van der Waals surface area contributed by atoms with Gasteiger partial charge >= 0.3 is 0 Å². The highest BCUT2D eigenvalue weighted by Crippen LogP contribution is 2.11. The van der Waals surface area contributed by atoms with Crippen molar-refractivity contribution in [2.75, 3.05) is 0 Å². The van der Waals surface area contributed by atoms with Crippen molar-refractivity contribution >= 4 is 17.8 Å². The summed E-state index contributed by atoms with van der Waals surface area (Å²) in [5.74, 6) is -0.423. The molecule has 0 atom stereocenters. The molecule has 22 heavy (non-hydrogen) atoms. The summed E-state index contributed by atoms with van der Waals surface area (Å²) in [6.07, 6.45) is 1.53. The van der Waals surface area contributed by atoms with Gasteiger partial charge in [-0.1, -0.05) is 29.8 Å². The summed E-state index contributed by atoms with van der Waals surface area (Å²) in [7, 11) is 0. The lowest BCUT2D eigenvalue weighted by molar-refractivity contribution is -0.384. The lowest BCUT2D eigenvalue weighted by atomic mass is 10.2. The quantitative estimate of drug-likeness (QED) is 0.527. The van der Waals surface area contributed by atoms with Crippen molar-refractivity contribution in [1.82, 2.24) is 5.43 Å². The van der Waals surface area contributed by atoms with Gasteiger partial charge in [-0.05, 0) is 24.6 Å². The third kappa shape index (κ3) is 4.50. The highest BCUT2D eigenvalue weighted by atomic mass is 16.6. The van der Waals surface area contributed by atoms with Crippen molar-refractivity contribution in [2.45, 2.75) is 6.92 Å². The number of benzene rings is 2. The van der Waals surface area contributed by atoms with Crippen LogP contribution in [0.1, 0.15) is 21.5 Å². The predicted octanol–water partition coefficient (Wildman–Crippen LogP) is 1.84. The van der Waals surface area contributed by atoms with E-state index in [9.17, 15) is 14.9 Å². The number of hydrogen-bond donors (Lipinski definition) is 1. The average Bonchev–Trinajstić information content (AvgIpc) is 2.49. The fourth-order valence-electron chi connectivity index (χ4n) is 1.62. The molecule has 2 rings (SSSR count). The van der Waals surface area contributed by atoms with E-state index < -0.39 is 10.8 Å². The van der Waals surface area contributed by atoms with E-state index in [1.807, 2.05) is 31.2 Å². The highest BCUT2D eigenvalue weighted by molar-refractivity contribution is 5.95. The monoisotopic (exact) mass is 301 g/mol. The summed E-state index contributed by atoms with van der Waals surface area (Å²) < 4.78 is 0. The van der Waals surface area contributed by atoms with Crippen molar-refractivity contribution < 1.29 is 15.2 Å². The third-order valence-corrected chi connectivity index (χ3v) is 2.80. The van der Waals surface area contributed by atoms with Crippen LogP contribution in [0.2, 0.25) is 0 Å². The second-order valence-corrected chi connectivity index (χ2v) is 4.41. The first-order chi connectivity index (χ1) is 10.1. The topological polar surface area (TPSA) is 116 Å². The number of nitro benzene ring substituents is 1. The van der Waals surface area contributed by atoms with Crippen LogP contribution in [0.5, 0.6) is 0 Å². The molecule has 0 bridgehead atoms.